The molecule has 0 amide bonds. The van der Waals surface area contributed by atoms with Crippen LogP contribution in [-0.4, -0.2) is 11.0 Å². The second-order valence-corrected chi connectivity index (χ2v) is 9.71. The molecule has 0 aliphatic heterocycles. The number of unbranched alkanes of at least 4 members (excludes halogenated alkanes) is 13. The molecule has 0 aromatic heterocycles. The number of hydrogen-bond acceptors (Lipinski definition) is 1. The van der Waals surface area contributed by atoms with Crippen LogP contribution in [0, 0.1) is 5.92 Å². The van der Waals surface area contributed by atoms with E-state index in [0.717, 1.165) is 19.3 Å². The molecule has 31 heavy (non-hydrogen) atoms. The van der Waals surface area contributed by atoms with Gasteiger partial charge in [0.1, 0.15) is 0 Å². The van der Waals surface area contributed by atoms with Gasteiger partial charge in [-0.15, -0.1) is 0 Å². The van der Waals surface area contributed by atoms with Gasteiger partial charge in [-0.25, -0.2) is 0 Å². The first-order chi connectivity index (χ1) is 14.7. The lowest BCUT2D eigenvalue weighted by atomic mass is 9.74. The van der Waals surface area contributed by atoms with E-state index < -0.39 is 0 Å². The summed E-state index contributed by atoms with van der Waals surface area (Å²) >= 11 is 0. The van der Waals surface area contributed by atoms with E-state index in [4.69, 9.17) is 5.73 Å². The Labute approximate surface area is 195 Å². The number of hydrogen-bond donors (Lipinski definition) is 1. The van der Waals surface area contributed by atoms with Crippen molar-refractivity contribution in [2.45, 2.75) is 142 Å². The third kappa shape index (κ3) is 14.0. The standard InChI is InChI=1S/C29H53N.H2O/c1-4-7-8-9-10-11-12-13-14-15-16-17-18-22-25-28(29(30,5-2)6-3)26-27-23-20-19-21-24-27;/h19-21,23-24,28H,4-18,22,25-26,30H2,1-3H3;1H2. The highest BCUT2D eigenvalue weighted by Crippen LogP contribution is 2.30. The van der Waals surface area contributed by atoms with Crippen LogP contribution in [-0.2, 0) is 6.42 Å². The summed E-state index contributed by atoms with van der Waals surface area (Å²) in [5, 5.41) is 0. The van der Waals surface area contributed by atoms with Gasteiger partial charge in [-0.05, 0) is 37.2 Å². The van der Waals surface area contributed by atoms with Crippen LogP contribution in [0.3, 0.4) is 0 Å². The lowest BCUT2D eigenvalue weighted by Crippen LogP contribution is -2.47. The van der Waals surface area contributed by atoms with E-state index in [-0.39, 0.29) is 11.0 Å². The Morgan fingerprint density at radius 3 is 1.48 bits per heavy atom. The van der Waals surface area contributed by atoms with Crippen LogP contribution in [0.4, 0.5) is 0 Å². The summed E-state index contributed by atoms with van der Waals surface area (Å²) in [6, 6.07) is 11.0. The number of benzene rings is 1. The fourth-order valence-electron chi connectivity index (χ4n) is 4.90. The first-order valence-corrected chi connectivity index (χ1v) is 13.5. The Hall–Kier alpha value is -0.860. The lowest BCUT2D eigenvalue weighted by Gasteiger charge is -2.36. The van der Waals surface area contributed by atoms with Crippen LogP contribution in [0.25, 0.3) is 0 Å². The molecular formula is C29H55NO. The molecule has 1 aromatic carbocycles. The van der Waals surface area contributed by atoms with Crippen molar-refractivity contribution in [3.05, 3.63) is 35.9 Å². The van der Waals surface area contributed by atoms with E-state index >= 15 is 0 Å². The van der Waals surface area contributed by atoms with E-state index in [1.807, 2.05) is 0 Å². The highest BCUT2D eigenvalue weighted by molar-refractivity contribution is 5.16. The molecule has 182 valence electrons. The zero-order chi connectivity index (χ0) is 21.9. The number of rotatable bonds is 20. The van der Waals surface area contributed by atoms with E-state index in [2.05, 4.69) is 51.1 Å². The van der Waals surface area contributed by atoms with Crippen LogP contribution in [0.2, 0.25) is 0 Å². The summed E-state index contributed by atoms with van der Waals surface area (Å²) in [4.78, 5) is 0. The van der Waals surface area contributed by atoms with Crippen LogP contribution in [0.15, 0.2) is 30.3 Å². The summed E-state index contributed by atoms with van der Waals surface area (Å²) in [6.45, 7) is 6.84. The van der Waals surface area contributed by atoms with E-state index in [0.29, 0.717) is 5.92 Å². The maximum absolute atomic E-state index is 6.84. The molecule has 1 rings (SSSR count). The smallest absolute Gasteiger partial charge is 0.0180 e. The Balaban J connectivity index is 0.00000900. The maximum Gasteiger partial charge on any atom is 0.0180 e. The second kappa shape index (κ2) is 19.8. The molecule has 0 aliphatic carbocycles. The molecule has 1 unspecified atom stereocenters. The van der Waals surface area contributed by atoms with E-state index in [1.165, 1.54) is 102 Å². The van der Waals surface area contributed by atoms with Gasteiger partial charge in [0.2, 0.25) is 0 Å². The minimum atomic E-state index is -0.00756. The first-order valence-electron chi connectivity index (χ1n) is 13.5. The van der Waals surface area contributed by atoms with Gasteiger partial charge >= 0.3 is 0 Å². The molecule has 0 aliphatic rings. The van der Waals surface area contributed by atoms with E-state index in [1.54, 1.807) is 0 Å². The van der Waals surface area contributed by atoms with Crippen LogP contribution in [0.5, 0.6) is 0 Å². The molecule has 0 saturated heterocycles. The van der Waals surface area contributed by atoms with Crippen molar-refractivity contribution in [2.24, 2.45) is 11.7 Å². The molecule has 0 spiro atoms. The Morgan fingerprint density at radius 1 is 0.645 bits per heavy atom. The van der Waals surface area contributed by atoms with Crippen molar-refractivity contribution < 1.29 is 5.48 Å². The predicted molar refractivity (Wildman–Crippen MR) is 140 cm³/mol. The third-order valence-corrected chi connectivity index (χ3v) is 7.36. The van der Waals surface area contributed by atoms with Crippen molar-refractivity contribution in [3.8, 4) is 0 Å². The van der Waals surface area contributed by atoms with Crippen molar-refractivity contribution in [1.29, 1.82) is 0 Å². The molecule has 1 aromatic rings. The highest BCUT2D eigenvalue weighted by atomic mass is 16.0. The summed E-state index contributed by atoms with van der Waals surface area (Å²) in [7, 11) is 0. The topological polar surface area (TPSA) is 57.5 Å². The summed E-state index contributed by atoms with van der Waals surface area (Å²) < 4.78 is 0. The van der Waals surface area contributed by atoms with Crippen LogP contribution >= 0.6 is 0 Å². The maximum atomic E-state index is 6.84. The summed E-state index contributed by atoms with van der Waals surface area (Å²) in [6.07, 6.45) is 24.6. The SMILES string of the molecule is CCCCCCCCCCCCCCCCC(Cc1ccccc1)C(N)(CC)CC.O. The average Bonchev–Trinajstić information content (AvgIpc) is 2.78. The Bertz CT molecular complexity index is 483. The minimum Gasteiger partial charge on any atom is -0.412 e. The zero-order valence-corrected chi connectivity index (χ0v) is 21.3. The largest absolute Gasteiger partial charge is 0.412 e. The van der Waals surface area contributed by atoms with Crippen molar-refractivity contribution >= 4 is 0 Å². The highest BCUT2D eigenvalue weighted by Gasteiger charge is 2.30. The quantitative estimate of drug-likeness (QED) is 0.206. The fourth-order valence-corrected chi connectivity index (χ4v) is 4.90. The molecule has 2 nitrogen and oxygen atoms in total. The third-order valence-electron chi connectivity index (χ3n) is 7.36. The van der Waals surface area contributed by atoms with Crippen LogP contribution < -0.4 is 5.73 Å². The minimum absolute atomic E-state index is 0. The first kappa shape index (κ1) is 30.1. The average molecular weight is 434 g/mol. The van der Waals surface area contributed by atoms with Gasteiger partial charge in [-0.2, -0.15) is 0 Å². The molecule has 2 heteroatoms. The molecule has 4 N–H and O–H groups in total. The number of nitrogens with two attached hydrogens (primary N) is 1. The van der Waals surface area contributed by atoms with Gasteiger partial charge in [-0.3, -0.25) is 0 Å². The van der Waals surface area contributed by atoms with Gasteiger partial charge in [-0.1, -0.05) is 141 Å². The molecular weight excluding hydrogens is 378 g/mol. The molecule has 0 fully saturated rings. The van der Waals surface area contributed by atoms with Gasteiger partial charge in [0, 0.05) is 5.54 Å². The van der Waals surface area contributed by atoms with Gasteiger partial charge in [0.15, 0.2) is 0 Å². The Kier molecular flexibility index (Phi) is 19.2. The van der Waals surface area contributed by atoms with Crippen LogP contribution in [0.1, 0.15) is 135 Å². The lowest BCUT2D eigenvalue weighted by molar-refractivity contribution is 0.229. The summed E-state index contributed by atoms with van der Waals surface area (Å²) in [5.74, 6) is 0.604. The molecule has 0 saturated carbocycles. The fraction of sp³-hybridized carbons (Fsp3) is 0.793. The predicted octanol–water partition coefficient (Wildman–Crippen LogP) is 8.41. The van der Waals surface area contributed by atoms with Gasteiger partial charge in [0.25, 0.3) is 0 Å². The second-order valence-electron chi connectivity index (χ2n) is 9.71. The molecule has 0 radical (unpaired) electrons. The normalized spacial score (nSPS) is 12.5. The molecule has 1 atom stereocenters. The van der Waals surface area contributed by atoms with Crippen molar-refractivity contribution in [2.75, 3.05) is 0 Å². The summed E-state index contributed by atoms with van der Waals surface area (Å²) in [5.41, 5.74) is 8.28. The van der Waals surface area contributed by atoms with E-state index in [9.17, 15) is 0 Å². The zero-order valence-electron chi connectivity index (χ0n) is 21.3. The van der Waals surface area contributed by atoms with Crippen molar-refractivity contribution in [3.63, 3.8) is 0 Å². The molecule has 0 bridgehead atoms. The monoisotopic (exact) mass is 433 g/mol. The molecule has 0 heterocycles. The van der Waals surface area contributed by atoms with Gasteiger partial charge < -0.3 is 11.2 Å². The van der Waals surface area contributed by atoms with Crippen molar-refractivity contribution in [1.82, 2.24) is 0 Å². The van der Waals surface area contributed by atoms with Gasteiger partial charge in [0.05, 0.1) is 0 Å². The Morgan fingerprint density at radius 2 is 1.06 bits per heavy atom.